The Morgan fingerprint density at radius 2 is 1.96 bits per heavy atom. The van der Waals surface area contributed by atoms with Crippen LogP contribution in [0.15, 0.2) is 51.1 Å². The first-order valence-electron chi connectivity index (χ1n) is 6.80. The number of carbonyl (C=O) groups is 1. The molecule has 0 atom stereocenters. The Labute approximate surface area is 147 Å². The molecule has 3 N–H and O–H groups in total. The van der Waals surface area contributed by atoms with E-state index >= 15 is 0 Å². The van der Waals surface area contributed by atoms with E-state index in [2.05, 4.69) is 31.1 Å². The molecular weight excluding hydrogens is 396 g/mol. The predicted octanol–water partition coefficient (Wildman–Crippen LogP) is 4.17. The summed E-state index contributed by atoms with van der Waals surface area (Å²) in [6, 6.07) is 7.97. The topological polar surface area (TPSA) is 141 Å². The summed E-state index contributed by atoms with van der Waals surface area (Å²) in [7, 11) is 0. The van der Waals surface area contributed by atoms with Gasteiger partial charge in [-0.15, -0.1) is 10.2 Å². The molecule has 0 saturated carbocycles. The number of nitro benzene ring substituents is 1. The number of amides is 1. The van der Waals surface area contributed by atoms with Crippen LogP contribution in [0.25, 0.3) is 10.9 Å². The van der Waals surface area contributed by atoms with Crippen LogP contribution in [0.3, 0.4) is 0 Å². The van der Waals surface area contributed by atoms with Gasteiger partial charge in [0.1, 0.15) is 5.75 Å². The summed E-state index contributed by atoms with van der Waals surface area (Å²) in [5, 5.41) is 37.7. The highest BCUT2D eigenvalue weighted by Crippen LogP contribution is 2.37. The number of fused-ring (bicyclic) bond motifs is 1. The molecule has 2 aromatic carbocycles. The van der Waals surface area contributed by atoms with Crippen molar-refractivity contribution in [3.63, 3.8) is 0 Å². The van der Waals surface area contributed by atoms with E-state index in [1.54, 1.807) is 0 Å². The molecule has 0 spiro atoms. The van der Waals surface area contributed by atoms with Gasteiger partial charge in [0.05, 0.1) is 14.9 Å². The van der Waals surface area contributed by atoms with Crippen molar-refractivity contribution in [2.45, 2.75) is 0 Å². The molecule has 1 amide bonds. The van der Waals surface area contributed by atoms with Crippen molar-refractivity contribution >= 4 is 44.1 Å². The Bertz CT molecular complexity index is 1040. The quantitative estimate of drug-likeness (QED) is 0.341. The van der Waals surface area contributed by atoms with E-state index in [-0.39, 0.29) is 34.0 Å². The maximum Gasteiger partial charge on any atom is 0.295 e. The molecule has 126 valence electrons. The summed E-state index contributed by atoms with van der Waals surface area (Å²) in [4.78, 5) is 25.0. The molecule has 0 unspecified atom stereocenters. The van der Waals surface area contributed by atoms with Gasteiger partial charge in [-0.05, 0) is 40.2 Å². The average molecular weight is 405 g/mol. The SMILES string of the molecule is O=C(N=Nc1c(O)[nH]c2ccc([N+](=O)[O-])cc12)c1ccc(O)c(Br)c1. The lowest BCUT2D eigenvalue weighted by Gasteiger charge is -1.98. The van der Waals surface area contributed by atoms with Crippen LogP contribution in [0.1, 0.15) is 10.4 Å². The minimum Gasteiger partial charge on any atom is -0.507 e. The lowest BCUT2D eigenvalue weighted by Crippen LogP contribution is -1.93. The second kappa shape index (κ2) is 6.32. The Morgan fingerprint density at radius 1 is 1.20 bits per heavy atom. The zero-order chi connectivity index (χ0) is 18.1. The lowest BCUT2D eigenvalue weighted by molar-refractivity contribution is -0.384. The van der Waals surface area contributed by atoms with Gasteiger partial charge in [0.15, 0.2) is 5.69 Å². The second-order valence-corrected chi connectivity index (χ2v) is 5.83. The van der Waals surface area contributed by atoms with Crippen LogP contribution >= 0.6 is 15.9 Å². The van der Waals surface area contributed by atoms with E-state index in [0.29, 0.717) is 9.99 Å². The third-order valence-electron chi connectivity index (χ3n) is 3.38. The predicted molar refractivity (Wildman–Crippen MR) is 91.3 cm³/mol. The number of aromatic nitrogens is 1. The number of rotatable bonds is 3. The summed E-state index contributed by atoms with van der Waals surface area (Å²) in [6.07, 6.45) is 0. The number of halogens is 1. The number of phenolic OH excluding ortho intramolecular Hbond substituents is 1. The molecule has 1 aromatic heterocycles. The number of benzene rings is 2. The first-order valence-corrected chi connectivity index (χ1v) is 7.60. The monoisotopic (exact) mass is 404 g/mol. The van der Waals surface area contributed by atoms with Crippen LogP contribution in [0.4, 0.5) is 11.4 Å². The highest BCUT2D eigenvalue weighted by molar-refractivity contribution is 9.10. The van der Waals surface area contributed by atoms with Crippen molar-refractivity contribution in [1.82, 2.24) is 4.98 Å². The number of aromatic amines is 1. The first kappa shape index (κ1) is 16.6. The Balaban J connectivity index is 1.98. The van der Waals surface area contributed by atoms with Crippen molar-refractivity contribution in [1.29, 1.82) is 0 Å². The fourth-order valence-electron chi connectivity index (χ4n) is 2.16. The number of nitrogens with one attached hydrogen (secondary N) is 1. The Morgan fingerprint density at radius 3 is 2.64 bits per heavy atom. The number of phenols is 1. The van der Waals surface area contributed by atoms with Crippen molar-refractivity contribution in [2.24, 2.45) is 10.2 Å². The maximum absolute atomic E-state index is 12.1. The number of H-pyrrole nitrogens is 1. The molecule has 0 bridgehead atoms. The van der Waals surface area contributed by atoms with Gasteiger partial charge in [-0.3, -0.25) is 14.9 Å². The molecule has 0 aliphatic heterocycles. The maximum atomic E-state index is 12.1. The van der Waals surface area contributed by atoms with Gasteiger partial charge in [-0.2, -0.15) is 0 Å². The smallest absolute Gasteiger partial charge is 0.295 e. The van der Waals surface area contributed by atoms with Gasteiger partial charge in [0.2, 0.25) is 5.88 Å². The van der Waals surface area contributed by atoms with Crippen LogP contribution in [-0.2, 0) is 0 Å². The number of azo groups is 1. The third-order valence-corrected chi connectivity index (χ3v) is 4.02. The van der Waals surface area contributed by atoms with Crippen LogP contribution in [0, 0.1) is 10.1 Å². The number of hydrogen-bond acceptors (Lipinski definition) is 6. The number of nitro groups is 1. The molecule has 0 aliphatic carbocycles. The molecule has 0 radical (unpaired) electrons. The summed E-state index contributed by atoms with van der Waals surface area (Å²) in [5.74, 6) is -1.10. The van der Waals surface area contributed by atoms with E-state index in [0.717, 1.165) is 0 Å². The fraction of sp³-hybridized carbons (Fsp3) is 0. The Kier molecular flexibility index (Phi) is 4.19. The lowest BCUT2D eigenvalue weighted by atomic mass is 10.2. The molecule has 10 heteroatoms. The standard InChI is InChI=1S/C15H9BrN4O5/c16-10-5-7(1-4-12(10)21)14(22)19-18-13-9-6-8(20(24)25)2-3-11(9)17-15(13)23/h1-6,17,21,23H. The summed E-state index contributed by atoms with van der Waals surface area (Å²) in [5.41, 5.74) is 0.317. The fourth-order valence-corrected chi connectivity index (χ4v) is 2.54. The van der Waals surface area contributed by atoms with Gasteiger partial charge >= 0.3 is 0 Å². The normalized spacial score (nSPS) is 11.2. The highest BCUT2D eigenvalue weighted by atomic mass is 79.9. The molecule has 0 aliphatic rings. The van der Waals surface area contributed by atoms with Gasteiger partial charge < -0.3 is 15.2 Å². The number of nitrogens with zero attached hydrogens (tertiary/aromatic N) is 3. The van der Waals surface area contributed by atoms with Gasteiger partial charge in [0.25, 0.3) is 11.6 Å². The molecule has 9 nitrogen and oxygen atoms in total. The van der Waals surface area contributed by atoms with Crippen molar-refractivity contribution < 1.29 is 19.9 Å². The van der Waals surface area contributed by atoms with Gasteiger partial charge in [-0.1, -0.05) is 0 Å². The zero-order valence-corrected chi connectivity index (χ0v) is 13.9. The van der Waals surface area contributed by atoms with Crippen LogP contribution in [-0.4, -0.2) is 26.0 Å². The van der Waals surface area contributed by atoms with E-state index in [9.17, 15) is 25.1 Å². The van der Waals surface area contributed by atoms with Gasteiger partial charge in [-0.25, -0.2) is 0 Å². The van der Waals surface area contributed by atoms with Crippen molar-refractivity contribution in [3.05, 3.63) is 56.5 Å². The van der Waals surface area contributed by atoms with Crippen LogP contribution in [0.2, 0.25) is 0 Å². The van der Waals surface area contributed by atoms with Gasteiger partial charge in [0, 0.05) is 23.1 Å². The number of non-ortho nitro benzene ring substituents is 1. The minimum absolute atomic E-state index is 0.0323. The molecule has 0 saturated heterocycles. The number of carbonyl (C=O) groups excluding carboxylic acids is 1. The van der Waals surface area contributed by atoms with E-state index in [4.69, 9.17) is 0 Å². The molecule has 3 aromatic rings. The zero-order valence-electron chi connectivity index (χ0n) is 12.3. The summed E-state index contributed by atoms with van der Waals surface area (Å²) in [6.45, 7) is 0. The Hall–Kier alpha value is -3.27. The molecule has 3 rings (SSSR count). The van der Waals surface area contributed by atoms with E-state index in [1.165, 1.54) is 36.4 Å². The minimum atomic E-state index is -0.708. The van der Waals surface area contributed by atoms with E-state index in [1.807, 2.05) is 0 Å². The van der Waals surface area contributed by atoms with Crippen molar-refractivity contribution in [2.75, 3.05) is 0 Å². The second-order valence-electron chi connectivity index (χ2n) is 4.98. The first-order chi connectivity index (χ1) is 11.9. The van der Waals surface area contributed by atoms with Crippen LogP contribution in [0.5, 0.6) is 11.6 Å². The summed E-state index contributed by atoms with van der Waals surface area (Å²) >= 11 is 3.09. The molecule has 0 fully saturated rings. The average Bonchev–Trinajstić information content (AvgIpc) is 2.89. The highest BCUT2D eigenvalue weighted by Gasteiger charge is 2.15. The number of hydrogen-bond donors (Lipinski definition) is 3. The molecule has 1 heterocycles. The van der Waals surface area contributed by atoms with Crippen molar-refractivity contribution in [3.8, 4) is 11.6 Å². The molecular formula is C15H9BrN4O5. The molecule has 25 heavy (non-hydrogen) atoms. The van der Waals surface area contributed by atoms with Crippen LogP contribution < -0.4 is 0 Å². The van der Waals surface area contributed by atoms with E-state index < -0.39 is 10.8 Å². The largest absolute Gasteiger partial charge is 0.507 e. The summed E-state index contributed by atoms with van der Waals surface area (Å²) < 4.78 is 0.319. The third kappa shape index (κ3) is 3.19. The number of aromatic hydroxyl groups is 2.